The number of carbonyl (C=O) groups is 1. The van der Waals surface area contributed by atoms with Gasteiger partial charge in [-0.15, -0.1) is 0 Å². The first kappa shape index (κ1) is 14.5. The zero-order valence-electron chi connectivity index (χ0n) is 11.8. The lowest BCUT2D eigenvalue weighted by atomic mass is 10.0. The molecular weight excluding hydrogens is 259 g/mol. The van der Waals surface area contributed by atoms with E-state index in [-0.39, 0.29) is 11.7 Å². The molecule has 1 aromatic rings. The zero-order valence-corrected chi connectivity index (χ0v) is 11.8. The standard InChI is InChI=1S/C15H19FN2O2/c1-11(12-9-17-10-12)15(19)18(2)7-8-20-14-5-3-13(16)4-6-14/h3-6,17H,7-10H2,1-2H3. The van der Waals surface area contributed by atoms with Crippen LogP contribution in [0.2, 0.25) is 0 Å². The molecule has 1 fully saturated rings. The van der Waals surface area contributed by atoms with Crippen LogP contribution < -0.4 is 10.1 Å². The lowest BCUT2D eigenvalue weighted by molar-refractivity contribution is -0.126. The zero-order chi connectivity index (χ0) is 14.5. The predicted molar refractivity (Wildman–Crippen MR) is 75.1 cm³/mol. The van der Waals surface area contributed by atoms with E-state index in [1.165, 1.54) is 17.7 Å². The number of amides is 1. The fourth-order valence-corrected chi connectivity index (χ4v) is 1.89. The number of likely N-dealkylation sites (N-methyl/N-ethyl adjacent to an activating group) is 1. The van der Waals surface area contributed by atoms with Gasteiger partial charge in [0.2, 0.25) is 5.91 Å². The largest absolute Gasteiger partial charge is 0.492 e. The van der Waals surface area contributed by atoms with Gasteiger partial charge in [0.25, 0.3) is 0 Å². The maximum absolute atomic E-state index is 12.7. The maximum atomic E-state index is 12.7. The second-order valence-corrected chi connectivity index (χ2v) is 4.86. The first-order valence-electron chi connectivity index (χ1n) is 6.61. The van der Waals surface area contributed by atoms with E-state index in [4.69, 9.17) is 4.74 Å². The summed E-state index contributed by atoms with van der Waals surface area (Å²) >= 11 is 0. The minimum absolute atomic E-state index is 0.0317. The van der Waals surface area contributed by atoms with Gasteiger partial charge >= 0.3 is 0 Å². The predicted octanol–water partition coefficient (Wildman–Crippen LogP) is 1.58. The number of hydrogen-bond acceptors (Lipinski definition) is 3. The van der Waals surface area contributed by atoms with Crippen LogP contribution >= 0.6 is 0 Å². The molecule has 1 heterocycles. The van der Waals surface area contributed by atoms with Crippen molar-refractivity contribution in [3.63, 3.8) is 0 Å². The Bertz CT molecular complexity index is 505. The fraction of sp³-hybridized carbons (Fsp3) is 0.400. The molecule has 5 heteroatoms. The summed E-state index contributed by atoms with van der Waals surface area (Å²) in [4.78, 5) is 13.7. The van der Waals surface area contributed by atoms with E-state index < -0.39 is 0 Å². The number of carbonyl (C=O) groups excluding carboxylic acids is 1. The van der Waals surface area contributed by atoms with E-state index in [1.807, 2.05) is 6.92 Å². The quantitative estimate of drug-likeness (QED) is 0.832. The Morgan fingerprint density at radius 1 is 1.35 bits per heavy atom. The molecule has 0 saturated carbocycles. The average Bonchev–Trinajstić information content (AvgIpc) is 2.38. The Morgan fingerprint density at radius 2 is 2.00 bits per heavy atom. The first-order chi connectivity index (χ1) is 9.58. The summed E-state index contributed by atoms with van der Waals surface area (Å²) in [7, 11) is 1.76. The Labute approximate surface area is 118 Å². The normalized spacial score (nSPS) is 13.7. The van der Waals surface area contributed by atoms with Crippen molar-refractivity contribution >= 4 is 5.91 Å². The molecule has 1 saturated heterocycles. The molecule has 2 rings (SSSR count). The van der Waals surface area contributed by atoms with Gasteiger partial charge < -0.3 is 15.0 Å². The van der Waals surface area contributed by atoms with E-state index in [1.54, 1.807) is 24.1 Å². The smallest absolute Gasteiger partial charge is 0.249 e. The Morgan fingerprint density at radius 3 is 2.55 bits per heavy atom. The molecule has 1 aromatic carbocycles. The van der Waals surface area contributed by atoms with Gasteiger partial charge in [0.1, 0.15) is 18.2 Å². The van der Waals surface area contributed by atoms with Crippen molar-refractivity contribution in [1.29, 1.82) is 0 Å². The van der Waals surface area contributed by atoms with Crippen molar-refractivity contribution in [3.8, 4) is 5.75 Å². The second kappa shape index (κ2) is 6.52. The third-order valence-electron chi connectivity index (χ3n) is 3.38. The third-order valence-corrected chi connectivity index (χ3v) is 3.38. The SMILES string of the molecule is CC(C(=O)N(C)CCOc1ccc(F)cc1)=C1CNC1. The van der Waals surface area contributed by atoms with Gasteiger partial charge in [-0.25, -0.2) is 4.39 Å². The van der Waals surface area contributed by atoms with Crippen molar-refractivity contribution < 1.29 is 13.9 Å². The lowest BCUT2D eigenvalue weighted by Crippen LogP contribution is -2.39. The van der Waals surface area contributed by atoms with Gasteiger partial charge in [-0.05, 0) is 36.8 Å². The van der Waals surface area contributed by atoms with Crippen LogP contribution in [0.4, 0.5) is 4.39 Å². The summed E-state index contributed by atoms with van der Waals surface area (Å²) in [6.45, 7) is 4.34. The van der Waals surface area contributed by atoms with Crippen LogP contribution in [-0.2, 0) is 4.79 Å². The van der Waals surface area contributed by atoms with E-state index in [9.17, 15) is 9.18 Å². The Balaban J connectivity index is 1.78. The Kier molecular flexibility index (Phi) is 4.74. The van der Waals surface area contributed by atoms with Gasteiger partial charge in [0, 0.05) is 25.7 Å². The topological polar surface area (TPSA) is 41.6 Å². The average molecular weight is 278 g/mol. The Hall–Kier alpha value is -1.88. The minimum Gasteiger partial charge on any atom is -0.492 e. The van der Waals surface area contributed by atoms with Crippen LogP contribution in [0.15, 0.2) is 35.4 Å². The molecule has 0 aliphatic carbocycles. The molecule has 1 aliphatic rings. The highest BCUT2D eigenvalue weighted by molar-refractivity contribution is 5.93. The second-order valence-electron chi connectivity index (χ2n) is 4.86. The minimum atomic E-state index is -0.291. The molecule has 108 valence electrons. The summed E-state index contributed by atoms with van der Waals surface area (Å²) < 4.78 is 18.2. The first-order valence-corrected chi connectivity index (χ1v) is 6.61. The molecule has 1 amide bonds. The molecule has 0 bridgehead atoms. The molecule has 1 N–H and O–H groups in total. The monoisotopic (exact) mass is 278 g/mol. The molecule has 0 unspecified atom stereocenters. The van der Waals surface area contributed by atoms with Gasteiger partial charge in [-0.1, -0.05) is 0 Å². The highest BCUT2D eigenvalue weighted by Gasteiger charge is 2.18. The maximum Gasteiger partial charge on any atom is 0.249 e. The molecular formula is C15H19FN2O2. The van der Waals surface area contributed by atoms with Crippen LogP contribution in [0, 0.1) is 5.82 Å². The third kappa shape index (κ3) is 3.57. The number of halogens is 1. The molecule has 0 radical (unpaired) electrons. The van der Waals surface area contributed by atoms with Crippen LogP contribution in [0.5, 0.6) is 5.75 Å². The molecule has 1 aliphatic heterocycles. The fourth-order valence-electron chi connectivity index (χ4n) is 1.89. The van der Waals surface area contributed by atoms with Crippen LogP contribution in [0.3, 0.4) is 0 Å². The summed E-state index contributed by atoms with van der Waals surface area (Å²) in [5, 5.41) is 3.12. The number of ether oxygens (including phenoxy) is 1. The van der Waals surface area contributed by atoms with Crippen molar-refractivity contribution in [2.24, 2.45) is 0 Å². The van der Waals surface area contributed by atoms with Crippen molar-refractivity contribution in [1.82, 2.24) is 10.2 Å². The van der Waals surface area contributed by atoms with E-state index in [0.717, 1.165) is 18.7 Å². The highest BCUT2D eigenvalue weighted by atomic mass is 19.1. The number of rotatable bonds is 5. The molecule has 20 heavy (non-hydrogen) atoms. The summed E-state index contributed by atoms with van der Waals surface area (Å²) in [5.41, 5.74) is 1.98. The van der Waals surface area contributed by atoms with Crippen molar-refractivity contribution in [2.75, 3.05) is 33.3 Å². The van der Waals surface area contributed by atoms with E-state index in [0.29, 0.717) is 18.9 Å². The number of hydrogen-bond donors (Lipinski definition) is 1. The van der Waals surface area contributed by atoms with E-state index >= 15 is 0 Å². The highest BCUT2D eigenvalue weighted by Crippen LogP contribution is 2.12. The van der Waals surface area contributed by atoms with Crippen LogP contribution in [-0.4, -0.2) is 44.1 Å². The van der Waals surface area contributed by atoms with Gasteiger partial charge in [-0.3, -0.25) is 4.79 Å². The summed E-state index contributed by atoms with van der Waals surface area (Å²) in [5.74, 6) is 0.343. The van der Waals surface area contributed by atoms with Crippen molar-refractivity contribution in [2.45, 2.75) is 6.92 Å². The van der Waals surface area contributed by atoms with Gasteiger partial charge in [-0.2, -0.15) is 0 Å². The summed E-state index contributed by atoms with van der Waals surface area (Å²) in [6, 6.07) is 5.85. The number of benzene rings is 1. The number of nitrogens with one attached hydrogen (secondary N) is 1. The van der Waals surface area contributed by atoms with Crippen LogP contribution in [0.25, 0.3) is 0 Å². The van der Waals surface area contributed by atoms with Crippen molar-refractivity contribution in [3.05, 3.63) is 41.2 Å². The molecule has 4 nitrogen and oxygen atoms in total. The summed E-state index contributed by atoms with van der Waals surface area (Å²) in [6.07, 6.45) is 0. The molecule has 0 spiro atoms. The lowest BCUT2D eigenvalue weighted by Gasteiger charge is -2.24. The van der Waals surface area contributed by atoms with Crippen LogP contribution in [0.1, 0.15) is 6.92 Å². The molecule has 0 aromatic heterocycles. The van der Waals surface area contributed by atoms with Gasteiger partial charge in [0.05, 0.1) is 6.54 Å². The van der Waals surface area contributed by atoms with Gasteiger partial charge in [0.15, 0.2) is 0 Å². The van der Waals surface area contributed by atoms with E-state index in [2.05, 4.69) is 5.32 Å². The number of nitrogens with zero attached hydrogens (tertiary/aromatic N) is 1. The molecule has 0 atom stereocenters.